The minimum Gasteiger partial charge on any atom is -0.481 e. The molecule has 3 nitrogen and oxygen atoms in total. The Hall–Kier alpha value is -1.01. The van der Waals surface area contributed by atoms with E-state index in [1.54, 1.807) is 0 Å². The summed E-state index contributed by atoms with van der Waals surface area (Å²) in [6, 6.07) is 0. The van der Waals surface area contributed by atoms with E-state index in [2.05, 4.69) is 11.2 Å². The molecule has 80 valence electrons. The van der Waals surface area contributed by atoms with Gasteiger partial charge in [-0.3, -0.25) is 4.79 Å². The number of rotatable bonds is 9. The molecule has 0 amide bonds. The van der Waals surface area contributed by atoms with E-state index in [0.717, 1.165) is 45.2 Å². The summed E-state index contributed by atoms with van der Waals surface area (Å²) in [6.07, 6.45) is 10.0. The Morgan fingerprint density at radius 2 is 1.93 bits per heavy atom. The van der Waals surface area contributed by atoms with Gasteiger partial charge in [0.05, 0.1) is 0 Å². The lowest BCUT2D eigenvalue weighted by Gasteiger charge is -2.02. The van der Waals surface area contributed by atoms with Crippen LogP contribution in [0.1, 0.15) is 38.5 Å². The molecule has 0 aromatic rings. The van der Waals surface area contributed by atoms with E-state index in [1.165, 1.54) is 0 Å². The fraction of sp³-hybridized carbons (Fsp3) is 0.727. The Morgan fingerprint density at radius 3 is 2.57 bits per heavy atom. The highest BCUT2D eigenvalue weighted by Crippen LogP contribution is 1.98. The van der Waals surface area contributed by atoms with E-state index in [1.807, 2.05) is 0 Å². The van der Waals surface area contributed by atoms with Gasteiger partial charge in [0.25, 0.3) is 0 Å². The number of carboxylic acid groups (broad SMARTS) is 1. The molecule has 0 aromatic heterocycles. The van der Waals surface area contributed by atoms with Crippen LogP contribution in [0.3, 0.4) is 0 Å². The Morgan fingerprint density at radius 1 is 1.21 bits per heavy atom. The second-order valence-electron chi connectivity index (χ2n) is 3.26. The normalized spacial score (nSPS) is 9.64. The van der Waals surface area contributed by atoms with Crippen LogP contribution in [0.5, 0.6) is 0 Å². The molecule has 0 saturated carbocycles. The number of carbonyl (C=O) groups is 1. The summed E-state index contributed by atoms with van der Waals surface area (Å²) in [6.45, 7) is 1.92. The van der Waals surface area contributed by atoms with Crippen molar-refractivity contribution in [3.05, 3.63) is 0 Å². The molecule has 0 aliphatic carbocycles. The topological polar surface area (TPSA) is 49.3 Å². The van der Waals surface area contributed by atoms with Gasteiger partial charge < -0.3 is 10.4 Å². The molecule has 14 heavy (non-hydrogen) atoms. The third kappa shape index (κ3) is 11.0. The van der Waals surface area contributed by atoms with Gasteiger partial charge >= 0.3 is 5.97 Å². The van der Waals surface area contributed by atoms with Crippen LogP contribution < -0.4 is 5.32 Å². The van der Waals surface area contributed by atoms with Crippen molar-refractivity contribution in [3.8, 4) is 12.3 Å². The van der Waals surface area contributed by atoms with Gasteiger partial charge in [0.15, 0.2) is 0 Å². The van der Waals surface area contributed by atoms with E-state index in [4.69, 9.17) is 11.5 Å². The van der Waals surface area contributed by atoms with E-state index in [-0.39, 0.29) is 6.42 Å². The molecule has 0 radical (unpaired) electrons. The molecule has 0 bridgehead atoms. The van der Waals surface area contributed by atoms with Crippen LogP contribution in [0, 0.1) is 12.3 Å². The first-order valence-corrected chi connectivity index (χ1v) is 5.13. The molecule has 0 fully saturated rings. The molecule has 2 N–H and O–H groups in total. The molecular weight excluding hydrogens is 178 g/mol. The summed E-state index contributed by atoms with van der Waals surface area (Å²) in [5.41, 5.74) is 0. The summed E-state index contributed by atoms with van der Waals surface area (Å²) in [5.74, 6) is 1.88. The molecule has 0 spiro atoms. The van der Waals surface area contributed by atoms with E-state index in [9.17, 15) is 4.79 Å². The highest BCUT2D eigenvalue weighted by Gasteiger charge is 1.95. The predicted molar refractivity (Wildman–Crippen MR) is 57.0 cm³/mol. The van der Waals surface area contributed by atoms with Crippen LogP contribution in [0.25, 0.3) is 0 Å². The Kier molecular flexibility index (Phi) is 9.35. The van der Waals surface area contributed by atoms with Crippen molar-refractivity contribution < 1.29 is 9.90 Å². The van der Waals surface area contributed by atoms with Gasteiger partial charge in [-0.25, -0.2) is 0 Å². The Labute approximate surface area is 85.9 Å². The molecule has 0 aromatic carbocycles. The Balaban J connectivity index is 2.93. The van der Waals surface area contributed by atoms with E-state index in [0.29, 0.717) is 0 Å². The largest absolute Gasteiger partial charge is 0.481 e. The summed E-state index contributed by atoms with van der Waals surface area (Å²) in [5, 5.41) is 11.6. The average Bonchev–Trinajstić information content (AvgIpc) is 2.15. The van der Waals surface area contributed by atoms with Gasteiger partial charge in [0.2, 0.25) is 0 Å². The lowest BCUT2D eigenvalue weighted by atomic mass is 10.2. The second kappa shape index (κ2) is 10.1. The fourth-order valence-electron chi connectivity index (χ4n) is 1.14. The minimum absolute atomic E-state index is 0.289. The first-order valence-electron chi connectivity index (χ1n) is 5.13. The zero-order chi connectivity index (χ0) is 10.6. The zero-order valence-corrected chi connectivity index (χ0v) is 8.59. The molecule has 0 rings (SSSR count). The first-order chi connectivity index (χ1) is 6.77. The van der Waals surface area contributed by atoms with E-state index >= 15 is 0 Å². The SMILES string of the molecule is C#CCCCNCCCCCC(=O)O. The standard InChI is InChI=1S/C11H19NO2/c1-2-3-6-9-12-10-7-4-5-8-11(13)14/h1,12H,3-10H2,(H,13,14). The van der Waals surface area contributed by atoms with Crippen molar-refractivity contribution >= 4 is 5.97 Å². The third-order valence-corrected chi connectivity index (χ3v) is 1.92. The van der Waals surface area contributed by atoms with Crippen LogP contribution >= 0.6 is 0 Å². The molecular formula is C11H19NO2. The fourth-order valence-corrected chi connectivity index (χ4v) is 1.14. The maximum atomic E-state index is 10.2. The minimum atomic E-state index is -0.702. The van der Waals surface area contributed by atoms with Gasteiger partial charge in [-0.2, -0.15) is 0 Å². The summed E-state index contributed by atoms with van der Waals surface area (Å²) in [4.78, 5) is 10.2. The van der Waals surface area contributed by atoms with Gasteiger partial charge in [-0.1, -0.05) is 6.42 Å². The number of terminal acetylenes is 1. The smallest absolute Gasteiger partial charge is 0.303 e. The van der Waals surface area contributed by atoms with Crippen molar-refractivity contribution in [1.82, 2.24) is 5.32 Å². The highest BCUT2D eigenvalue weighted by atomic mass is 16.4. The van der Waals surface area contributed by atoms with Crippen molar-refractivity contribution in [2.75, 3.05) is 13.1 Å². The monoisotopic (exact) mass is 197 g/mol. The number of aliphatic carboxylic acids is 1. The number of hydrogen-bond acceptors (Lipinski definition) is 2. The molecule has 0 saturated heterocycles. The summed E-state index contributed by atoms with van der Waals surface area (Å²) < 4.78 is 0. The maximum absolute atomic E-state index is 10.2. The molecule has 0 aliphatic rings. The highest BCUT2D eigenvalue weighted by molar-refractivity contribution is 5.66. The average molecular weight is 197 g/mol. The quantitative estimate of drug-likeness (QED) is 0.436. The molecule has 0 atom stereocenters. The molecule has 3 heteroatoms. The number of nitrogens with one attached hydrogen (secondary N) is 1. The summed E-state index contributed by atoms with van der Waals surface area (Å²) in [7, 11) is 0. The van der Waals surface area contributed by atoms with Gasteiger partial charge in [-0.15, -0.1) is 12.3 Å². The van der Waals surface area contributed by atoms with Crippen LogP contribution in [0.2, 0.25) is 0 Å². The maximum Gasteiger partial charge on any atom is 0.303 e. The van der Waals surface area contributed by atoms with E-state index < -0.39 is 5.97 Å². The van der Waals surface area contributed by atoms with Crippen LogP contribution in [0.4, 0.5) is 0 Å². The zero-order valence-electron chi connectivity index (χ0n) is 8.59. The predicted octanol–water partition coefficient (Wildman–Crippen LogP) is 1.63. The van der Waals surface area contributed by atoms with Crippen molar-refractivity contribution in [2.24, 2.45) is 0 Å². The third-order valence-electron chi connectivity index (χ3n) is 1.92. The number of hydrogen-bond donors (Lipinski definition) is 2. The number of unbranched alkanes of at least 4 members (excludes halogenated alkanes) is 3. The first kappa shape index (κ1) is 13.0. The number of carboxylic acids is 1. The second-order valence-corrected chi connectivity index (χ2v) is 3.26. The lowest BCUT2D eigenvalue weighted by molar-refractivity contribution is -0.137. The molecule has 0 unspecified atom stereocenters. The lowest BCUT2D eigenvalue weighted by Crippen LogP contribution is -2.16. The van der Waals surface area contributed by atoms with Crippen LogP contribution in [-0.4, -0.2) is 24.2 Å². The van der Waals surface area contributed by atoms with Gasteiger partial charge in [0, 0.05) is 12.8 Å². The van der Waals surface area contributed by atoms with Crippen molar-refractivity contribution in [1.29, 1.82) is 0 Å². The van der Waals surface area contributed by atoms with Crippen molar-refractivity contribution in [3.63, 3.8) is 0 Å². The van der Waals surface area contributed by atoms with Gasteiger partial charge in [0.1, 0.15) is 0 Å². The summed E-state index contributed by atoms with van der Waals surface area (Å²) >= 11 is 0. The van der Waals surface area contributed by atoms with Crippen LogP contribution in [-0.2, 0) is 4.79 Å². The Bertz CT molecular complexity index is 184. The molecule has 0 aliphatic heterocycles. The molecule has 0 heterocycles. The van der Waals surface area contributed by atoms with Gasteiger partial charge in [-0.05, 0) is 32.4 Å². The van der Waals surface area contributed by atoms with Crippen molar-refractivity contribution in [2.45, 2.75) is 38.5 Å². The van der Waals surface area contributed by atoms with Crippen LogP contribution in [0.15, 0.2) is 0 Å².